The van der Waals surface area contributed by atoms with E-state index in [1.807, 2.05) is 0 Å². The second-order valence-electron chi connectivity index (χ2n) is 10.3. The molecule has 0 unspecified atom stereocenters. The fourth-order valence-electron chi connectivity index (χ4n) is 5.89. The van der Waals surface area contributed by atoms with Gasteiger partial charge >= 0.3 is 6.09 Å². The number of phenolic OH excluding ortho intramolecular Hbond substituents is 1. The van der Waals surface area contributed by atoms with Crippen molar-refractivity contribution in [2.24, 2.45) is 17.6 Å². The SMILES string of the molecule is CN(C)c1cc(NC(=O)Oc2ccccc2)c(O)c2c1C[C@H]1C[C@H]3CC(O)=C(C(N)=O)C(=O)[C@@]3(O)C(O)=C1C2=O. The number of phenols is 1. The van der Waals surface area contributed by atoms with Crippen molar-refractivity contribution >= 4 is 34.9 Å². The summed E-state index contributed by atoms with van der Waals surface area (Å²) in [5.41, 5.74) is 2.00. The molecule has 2 amide bonds. The number of nitrogens with zero attached hydrogens (tertiary/aromatic N) is 1. The molecule has 2 aromatic rings. The second kappa shape index (κ2) is 9.42. The number of Topliss-reactive ketones (excluding diaryl/α,β-unsaturated/α-hetero) is 2. The van der Waals surface area contributed by atoms with Gasteiger partial charge in [-0.25, -0.2) is 4.79 Å². The first kappa shape index (κ1) is 26.8. The quantitative estimate of drug-likeness (QED) is 0.243. The number of hydrogen-bond donors (Lipinski definition) is 6. The molecule has 0 bridgehead atoms. The number of amides is 2. The maximum atomic E-state index is 13.9. The molecule has 5 rings (SSSR count). The van der Waals surface area contributed by atoms with Gasteiger partial charge in [-0.3, -0.25) is 19.7 Å². The van der Waals surface area contributed by atoms with Crippen LogP contribution < -0.4 is 20.7 Å². The summed E-state index contributed by atoms with van der Waals surface area (Å²) in [4.78, 5) is 53.1. The number of para-hydroxylation sites is 1. The van der Waals surface area contributed by atoms with Crippen LogP contribution in [0, 0.1) is 11.8 Å². The number of allylic oxidation sites excluding steroid dienone is 2. The Kier molecular flexibility index (Phi) is 6.30. The molecule has 12 nitrogen and oxygen atoms in total. The lowest BCUT2D eigenvalue weighted by Crippen LogP contribution is -2.57. The van der Waals surface area contributed by atoms with Crippen molar-refractivity contribution < 1.29 is 44.3 Å². The number of ketones is 2. The molecule has 7 N–H and O–H groups in total. The van der Waals surface area contributed by atoms with Gasteiger partial charge < -0.3 is 35.8 Å². The lowest BCUT2D eigenvalue weighted by Gasteiger charge is -2.45. The molecule has 3 aliphatic rings. The molecule has 0 spiro atoms. The van der Waals surface area contributed by atoms with Crippen molar-refractivity contribution in [1.29, 1.82) is 0 Å². The Hall–Kier alpha value is -4.84. The normalized spacial score (nSPS) is 23.7. The zero-order chi connectivity index (χ0) is 29.1. The third kappa shape index (κ3) is 3.95. The summed E-state index contributed by atoms with van der Waals surface area (Å²) in [6.07, 6.45) is -1.10. The zero-order valence-corrected chi connectivity index (χ0v) is 21.6. The number of anilines is 2. The van der Waals surface area contributed by atoms with Gasteiger partial charge in [-0.2, -0.15) is 0 Å². The second-order valence-corrected chi connectivity index (χ2v) is 10.3. The summed E-state index contributed by atoms with van der Waals surface area (Å²) in [5.74, 6) is -7.02. The summed E-state index contributed by atoms with van der Waals surface area (Å²) >= 11 is 0. The minimum absolute atomic E-state index is 0.0138. The fraction of sp³-hybridized carbons (Fsp3) is 0.286. The van der Waals surface area contributed by atoms with Gasteiger partial charge in [0.1, 0.15) is 22.8 Å². The molecule has 0 aromatic heterocycles. The number of aliphatic hydroxyl groups is 3. The number of nitrogens with one attached hydrogen (secondary N) is 1. The molecular weight excluding hydrogens is 522 g/mol. The smallest absolute Gasteiger partial charge is 0.417 e. The predicted octanol–water partition coefficient (Wildman–Crippen LogP) is 2.26. The lowest BCUT2D eigenvalue weighted by atomic mass is 9.60. The topological polar surface area (TPSA) is 200 Å². The van der Waals surface area contributed by atoms with E-state index in [-0.39, 0.29) is 41.8 Å². The molecule has 3 aliphatic carbocycles. The van der Waals surface area contributed by atoms with Crippen LogP contribution in [-0.4, -0.2) is 63.7 Å². The molecule has 12 heteroatoms. The van der Waals surface area contributed by atoms with Crippen LogP contribution in [-0.2, 0) is 16.0 Å². The van der Waals surface area contributed by atoms with Crippen molar-refractivity contribution in [1.82, 2.24) is 0 Å². The van der Waals surface area contributed by atoms with Crippen LogP contribution in [0.3, 0.4) is 0 Å². The van der Waals surface area contributed by atoms with Crippen LogP contribution in [0.15, 0.2) is 59.1 Å². The number of ether oxygens (including phenoxy) is 1. The Labute approximate surface area is 228 Å². The van der Waals surface area contributed by atoms with Gasteiger partial charge in [0.2, 0.25) is 5.78 Å². The molecule has 3 atom stereocenters. The number of nitrogens with two attached hydrogens (primary N) is 1. The van der Waals surface area contributed by atoms with E-state index in [9.17, 15) is 39.6 Å². The van der Waals surface area contributed by atoms with E-state index in [2.05, 4.69) is 5.32 Å². The van der Waals surface area contributed by atoms with E-state index in [4.69, 9.17) is 10.5 Å². The summed E-state index contributed by atoms with van der Waals surface area (Å²) < 4.78 is 5.23. The summed E-state index contributed by atoms with van der Waals surface area (Å²) in [6, 6.07) is 9.68. The standard InChI is InChI=1S/C28H27N3O9/c1-31(2)17-11-16(30-27(38)40-14-6-4-3-5-7-14)22(33)20-15(17)9-12-8-13-10-18(32)21(26(29)37)25(36)28(13,39)24(35)19(12)23(20)34/h3-7,11-13,32-33,35,39H,8-10H2,1-2H3,(H2,29,37)(H,30,38)/t12-,13+,28+/m1/s1. The number of aliphatic hydroxyl groups excluding tert-OH is 2. The zero-order valence-electron chi connectivity index (χ0n) is 21.6. The molecule has 0 saturated heterocycles. The number of carbonyl (C=O) groups is 4. The fourth-order valence-corrected chi connectivity index (χ4v) is 5.89. The van der Waals surface area contributed by atoms with Gasteiger partial charge in [-0.15, -0.1) is 0 Å². The van der Waals surface area contributed by atoms with Gasteiger partial charge in [0, 0.05) is 37.7 Å². The highest BCUT2D eigenvalue weighted by molar-refractivity contribution is 6.24. The molecule has 0 saturated carbocycles. The monoisotopic (exact) mass is 549 g/mol. The van der Waals surface area contributed by atoms with Crippen molar-refractivity contribution in [3.8, 4) is 11.5 Å². The van der Waals surface area contributed by atoms with Crippen molar-refractivity contribution in [2.75, 3.05) is 24.3 Å². The first-order valence-corrected chi connectivity index (χ1v) is 12.4. The lowest BCUT2D eigenvalue weighted by molar-refractivity contribution is -0.144. The van der Waals surface area contributed by atoms with Gasteiger partial charge in [-0.1, -0.05) is 18.2 Å². The predicted molar refractivity (Wildman–Crippen MR) is 141 cm³/mol. The maximum Gasteiger partial charge on any atom is 0.417 e. The van der Waals surface area contributed by atoms with Crippen LogP contribution in [0.2, 0.25) is 0 Å². The third-order valence-electron chi connectivity index (χ3n) is 7.71. The first-order chi connectivity index (χ1) is 18.9. The maximum absolute atomic E-state index is 13.9. The van der Waals surface area contributed by atoms with E-state index >= 15 is 0 Å². The highest BCUT2D eigenvalue weighted by Crippen LogP contribution is 2.53. The Morgan fingerprint density at radius 2 is 1.77 bits per heavy atom. The van der Waals surface area contributed by atoms with E-state index in [1.165, 1.54) is 6.07 Å². The van der Waals surface area contributed by atoms with Gasteiger partial charge in [-0.05, 0) is 42.5 Å². The Balaban J connectivity index is 1.59. The highest BCUT2D eigenvalue weighted by atomic mass is 16.6. The van der Waals surface area contributed by atoms with Crippen molar-refractivity contribution in [3.63, 3.8) is 0 Å². The Bertz CT molecular complexity index is 1540. The summed E-state index contributed by atoms with van der Waals surface area (Å²) in [7, 11) is 3.42. The number of rotatable bonds is 4. The Morgan fingerprint density at radius 3 is 2.40 bits per heavy atom. The average Bonchev–Trinajstić information content (AvgIpc) is 2.88. The van der Waals surface area contributed by atoms with Crippen molar-refractivity contribution in [3.05, 3.63) is 70.2 Å². The number of carbonyl (C=O) groups excluding carboxylic acids is 4. The van der Waals surface area contributed by atoms with Crippen LogP contribution in [0.5, 0.6) is 11.5 Å². The molecule has 0 fully saturated rings. The molecule has 0 radical (unpaired) electrons. The van der Waals surface area contributed by atoms with E-state index in [0.717, 1.165) is 0 Å². The minimum atomic E-state index is -2.66. The van der Waals surface area contributed by atoms with Crippen molar-refractivity contribution in [2.45, 2.75) is 24.9 Å². The van der Waals surface area contributed by atoms with E-state index in [1.54, 1.807) is 49.3 Å². The third-order valence-corrected chi connectivity index (χ3v) is 7.71. The number of hydrogen-bond acceptors (Lipinski definition) is 10. The molecule has 208 valence electrons. The van der Waals surface area contributed by atoms with Crippen LogP contribution >= 0.6 is 0 Å². The average molecular weight is 550 g/mol. The van der Waals surface area contributed by atoms with E-state index in [0.29, 0.717) is 11.3 Å². The molecule has 0 heterocycles. The summed E-state index contributed by atoms with van der Waals surface area (Å²) in [5, 5.41) is 46.5. The molecule has 2 aromatic carbocycles. The number of fused-ring (bicyclic) bond motifs is 3. The van der Waals surface area contributed by atoms with Crippen LogP contribution in [0.25, 0.3) is 0 Å². The number of aromatic hydroxyl groups is 1. The minimum Gasteiger partial charge on any atom is -0.511 e. The number of benzene rings is 2. The van der Waals surface area contributed by atoms with E-state index < -0.39 is 63.8 Å². The van der Waals surface area contributed by atoms with Gasteiger partial charge in [0.05, 0.1) is 11.3 Å². The highest BCUT2D eigenvalue weighted by Gasteiger charge is 2.59. The van der Waals surface area contributed by atoms with Gasteiger partial charge in [0.15, 0.2) is 17.1 Å². The van der Waals surface area contributed by atoms with Crippen LogP contribution in [0.4, 0.5) is 16.2 Å². The molecular formula is C28H27N3O9. The Morgan fingerprint density at radius 1 is 1.10 bits per heavy atom. The molecule has 40 heavy (non-hydrogen) atoms. The van der Waals surface area contributed by atoms with Gasteiger partial charge in [0.25, 0.3) is 5.91 Å². The largest absolute Gasteiger partial charge is 0.511 e. The number of primary amides is 1. The van der Waals surface area contributed by atoms with Crippen LogP contribution in [0.1, 0.15) is 28.8 Å². The first-order valence-electron chi connectivity index (χ1n) is 12.4. The molecule has 0 aliphatic heterocycles. The summed E-state index contributed by atoms with van der Waals surface area (Å²) in [6.45, 7) is 0.